The van der Waals surface area contributed by atoms with Gasteiger partial charge in [-0.2, -0.15) is 0 Å². The Hall–Kier alpha value is -1.51. The summed E-state index contributed by atoms with van der Waals surface area (Å²) in [7, 11) is 1.09. The molecule has 0 bridgehead atoms. The summed E-state index contributed by atoms with van der Waals surface area (Å²) in [6, 6.07) is 3.08. The van der Waals surface area contributed by atoms with E-state index in [0.29, 0.717) is 9.13 Å². The van der Waals surface area contributed by atoms with Crippen LogP contribution in [-0.2, 0) is 20.7 Å². The van der Waals surface area contributed by atoms with Crippen LogP contribution < -0.4 is 0 Å². The summed E-state index contributed by atoms with van der Waals surface area (Å²) < 4.78 is 4.99. The van der Waals surface area contributed by atoms with E-state index < -0.39 is 16.7 Å². The standard InChI is InChI=1S/C11H10INO5/c1-6-3-7(12)4-9(13(16)17)8(6)5-10(14)11(15)18-2/h3-4H,5H2,1-2H3. The minimum absolute atomic E-state index is 0.156. The molecule has 96 valence electrons. The first-order valence-electron chi connectivity index (χ1n) is 4.91. The topological polar surface area (TPSA) is 86.5 Å². The first kappa shape index (κ1) is 14.6. The minimum atomic E-state index is -0.998. The molecule has 0 spiro atoms. The van der Waals surface area contributed by atoms with Crippen molar-refractivity contribution in [3.05, 3.63) is 36.9 Å². The normalized spacial score (nSPS) is 9.94. The van der Waals surface area contributed by atoms with Crippen molar-refractivity contribution in [1.29, 1.82) is 0 Å². The van der Waals surface area contributed by atoms with Gasteiger partial charge in [-0.1, -0.05) is 0 Å². The molecule has 0 aromatic heterocycles. The lowest BCUT2D eigenvalue weighted by Gasteiger charge is -2.06. The molecule has 0 N–H and O–H groups in total. The maximum Gasteiger partial charge on any atom is 0.374 e. The number of aryl methyl sites for hydroxylation is 1. The summed E-state index contributed by atoms with van der Waals surface area (Å²) in [5.74, 6) is -1.80. The van der Waals surface area contributed by atoms with E-state index in [0.717, 1.165) is 7.11 Å². The third-order valence-electron chi connectivity index (χ3n) is 2.36. The second-order valence-corrected chi connectivity index (χ2v) is 4.81. The van der Waals surface area contributed by atoms with Crippen molar-refractivity contribution >= 4 is 40.0 Å². The molecule has 0 aliphatic carbocycles. The lowest BCUT2D eigenvalue weighted by atomic mass is 10.0. The zero-order valence-corrected chi connectivity index (χ0v) is 11.9. The van der Waals surface area contributed by atoms with E-state index >= 15 is 0 Å². The van der Waals surface area contributed by atoms with Gasteiger partial charge in [0.15, 0.2) is 0 Å². The molecule has 6 nitrogen and oxygen atoms in total. The molecule has 0 saturated carbocycles. The highest BCUT2D eigenvalue weighted by atomic mass is 127. The number of rotatable bonds is 4. The van der Waals surface area contributed by atoms with Crippen molar-refractivity contribution in [2.45, 2.75) is 13.3 Å². The zero-order valence-electron chi connectivity index (χ0n) is 9.73. The molecule has 0 unspecified atom stereocenters. The van der Waals surface area contributed by atoms with Crippen molar-refractivity contribution in [1.82, 2.24) is 0 Å². The molecule has 0 aliphatic heterocycles. The van der Waals surface area contributed by atoms with Crippen LogP contribution in [0, 0.1) is 20.6 Å². The second-order valence-electron chi connectivity index (χ2n) is 3.57. The monoisotopic (exact) mass is 363 g/mol. The number of methoxy groups -OCH3 is 1. The summed E-state index contributed by atoms with van der Waals surface area (Å²) in [6.07, 6.45) is -0.328. The lowest BCUT2D eigenvalue weighted by molar-refractivity contribution is -0.385. The van der Waals surface area contributed by atoms with Gasteiger partial charge in [0.1, 0.15) is 0 Å². The molecule has 7 heteroatoms. The number of carbonyl (C=O) groups excluding carboxylic acids is 2. The van der Waals surface area contributed by atoms with Crippen LogP contribution in [-0.4, -0.2) is 23.8 Å². The summed E-state index contributed by atoms with van der Waals surface area (Å²) in [5, 5.41) is 10.9. The van der Waals surface area contributed by atoms with Crippen LogP contribution in [0.3, 0.4) is 0 Å². The van der Waals surface area contributed by atoms with Crippen molar-refractivity contribution in [3.8, 4) is 0 Å². The Balaban J connectivity index is 3.19. The Morgan fingerprint density at radius 2 is 2.06 bits per heavy atom. The fourth-order valence-electron chi connectivity index (χ4n) is 1.49. The SMILES string of the molecule is COC(=O)C(=O)Cc1c(C)cc(I)cc1[N+](=O)[O-]. The summed E-state index contributed by atoms with van der Waals surface area (Å²) in [6.45, 7) is 1.66. The maximum atomic E-state index is 11.5. The molecule has 0 atom stereocenters. The molecule has 0 heterocycles. The zero-order chi connectivity index (χ0) is 13.9. The Morgan fingerprint density at radius 1 is 1.44 bits per heavy atom. The number of hydrogen-bond acceptors (Lipinski definition) is 5. The molecule has 1 aromatic rings. The average molecular weight is 363 g/mol. The number of ether oxygens (including phenoxy) is 1. The number of hydrogen-bond donors (Lipinski definition) is 0. The first-order chi connectivity index (χ1) is 8.36. The van der Waals surface area contributed by atoms with Crippen molar-refractivity contribution < 1.29 is 19.2 Å². The predicted molar refractivity (Wildman–Crippen MR) is 71.3 cm³/mol. The molecule has 0 fully saturated rings. The Bertz CT molecular complexity index is 526. The first-order valence-corrected chi connectivity index (χ1v) is 5.99. The van der Waals surface area contributed by atoms with Crippen LogP contribution in [0.15, 0.2) is 12.1 Å². The smallest absolute Gasteiger partial charge is 0.374 e. The van der Waals surface area contributed by atoms with Crippen LogP contribution in [0.1, 0.15) is 11.1 Å². The van der Waals surface area contributed by atoms with Crippen LogP contribution in [0.5, 0.6) is 0 Å². The van der Waals surface area contributed by atoms with Gasteiger partial charge >= 0.3 is 5.97 Å². The van der Waals surface area contributed by atoms with Gasteiger partial charge in [0.25, 0.3) is 5.69 Å². The number of halogens is 1. The quantitative estimate of drug-likeness (QED) is 0.268. The highest BCUT2D eigenvalue weighted by Crippen LogP contribution is 2.26. The average Bonchev–Trinajstić information content (AvgIpc) is 2.30. The van der Waals surface area contributed by atoms with Gasteiger partial charge in [0.05, 0.1) is 18.5 Å². The van der Waals surface area contributed by atoms with Gasteiger partial charge in [-0.25, -0.2) is 4.79 Å². The van der Waals surface area contributed by atoms with E-state index in [1.807, 2.05) is 22.6 Å². The highest BCUT2D eigenvalue weighted by Gasteiger charge is 2.23. The number of nitrogens with zero attached hydrogens (tertiary/aromatic N) is 1. The molecule has 18 heavy (non-hydrogen) atoms. The van der Waals surface area contributed by atoms with Crippen LogP contribution in [0.4, 0.5) is 5.69 Å². The Labute approximate surface area is 117 Å². The molecular weight excluding hydrogens is 353 g/mol. The summed E-state index contributed by atoms with van der Waals surface area (Å²) in [4.78, 5) is 32.9. The van der Waals surface area contributed by atoms with Crippen LogP contribution in [0.2, 0.25) is 0 Å². The number of carbonyl (C=O) groups is 2. The Morgan fingerprint density at radius 3 is 2.56 bits per heavy atom. The molecule has 1 aromatic carbocycles. The molecule has 0 aliphatic rings. The molecular formula is C11H10INO5. The number of nitro benzene ring substituents is 1. The van der Waals surface area contributed by atoms with Gasteiger partial charge in [0, 0.05) is 15.2 Å². The second kappa shape index (κ2) is 5.89. The third kappa shape index (κ3) is 3.25. The molecule has 0 amide bonds. The fraction of sp³-hybridized carbons (Fsp3) is 0.273. The lowest BCUT2D eigenvalue weighted by Crippen LogP contribution is -2.19. The number of esters is 1. The highest BCUT2D eigenvalue weighted by molar-refractivity contribution is 14.1. The number of Topliss-reactive ketones (excluding diaryl/α,β-unsaturated/α-hetero) is 1. The largest absolute Gasteiger partial charge is 0.463 e. The fourth-order valence-corrected chi connectivity index (χ4v) is 2.26. The predicted octanol–water partition coefficient (Wildman–Crippen LogP) is 1.79. The van der Waals surface area contributed by atoms with Crippen molar-refractivity contribution in [3.63, 3.8) is 0 Å². The number of benzene rings is 1. The van der Waals surface area contributed by atoms with E-state index in [2.05, 4.69) is 4.74 Å². The summed E-state index contributed by atoms with van der Waals surface area (Å²) in [5.41, 5.74) is 0.693. The molecule has 0 radical (unpaired) electrons. The number of ketones is 1. The Kier molecular flexibility index (Phi) is 4.76. The summed E-state index contributed by atoms with van der Waals surface area (Å²) >= 11 is 1.95. The van der Waals surface area contributed by atoms with Crippen LogP contribution >= 0.6 is 22.6 Å². The van der Waals surface area contributed by atoms with Gasteiger partial charge in [-0.3, -0.25) is 14.9 Å². The molecule has 1 rings (SSSR count). The maximum absolute atomic E-state index is 11.5. The van der Waals surface area contributed by atoms with Gasteiger partial charge in [0.2, 0.25) is 5.78 Å². The molecule has 0 saturated heterocycles. The van der Waals surface area contributed by atoms with Gasteiger partial charge < -0.3 is 4.74 Å². The number of nitro groups is 1. The van der Waals surface area contributed by atoms with E-state index in [-0.39, 0.29) is 17.7 Å². The van der Waals surface area contributed by atoms with E-state index in [4.69, 9.17) is 0 Å². The van der Waals surface area contributed by atoms with E-state index in [1.54, 1.807) is 13.0 Å². The van der Waals surface area contributed by atoms with E-state index in [1.165, 1.54) is 6.07 Å². The van der Waals surface area contributed by atoms with Crippen LogP contribution in [0.25, 0.3) is 0 Å². The van der Waals surface area contributed by atoms with E-state index in [9.17, 15) is 19.7 Å². The van der Waals surface area contributed by atoms with Crippen molar-refractivity contribution in [2.75, 3.05) is 7.11 Å². The van der Waals surface area contributed by atoms with Gasteiger partial charge in [-0.15, -0.1) is 0 Å². The third-order valence-corrected chi connectivity index (χ3v) is 2.98. The van der Waals surface area contributed by atoms with Crippen molar-refractivity contribution in [2.24, 2.45) is 0 Å². The minimum Gasteiger partial charge on any atom is -0.463 e. The van der Waals surface area contributed by atoms with Gasteiger partial charge in [-0.05, 0) is 41.1 Å².